The van der Waals surface area contributed by atoms with Crippen molar-refractivity contribution in [1.82, 2.24) is 0 Å². The SMILES string of the molecule is CCC1(CC)c2cc(F)ccc2-c2c1c1c(c3cc(F)ccc23)OC(c2ccc(N3CCCCC3)cc2)(c2ccc3ccc4ccccc4c3c2)C=C1. The number of piperidine rings is 1. The van der Waals surface area contributed by atoms with Gasteiger partial charge in [0.1, 0.15) is 17.4 Å². The van der Waals surface area contributed by atoms with E-state index in [-0.39, 0.29) is 11.6 Å². The molecule has 0 N–H and O–H groups in total. The first-order chi connectivity index (χ1) is 25.9. The highest BCUT2D eigenvalue weighted by molar-refractivity contribution is 6.09. The van der Waals surface area contributed by atoms with Gasteiger partial charge in [0.15, 0.2) is 5.60 Å². The normalized spacial score (nSPS) is 18.6. The van der Waals surface area contributed by atoms with Crippen LogP contribution in [0.1, 0.15) is 73.8 Å². The Balaban J connectivity index is 1.25. The quantitative estimate of drug-likeness (QED) is 0.166. The number of rotatable bonds is 5. The summed E-state index contributed by atoms with van der Waals surface area (Å²) in [5.41, 5.74) is 6.96. The van der Waals surface area contributed by atoms with Crippen molar-refractivity contribution in [2.45, 2.75) is 57.0 Å². The van der Waals surface area contributed by atoms with Gasteiger partial charge in [0, 0.05) is 46.3 Å². The van der Waals surface area contributed by atoms with Crippen LogP contribution in [-0.4, -0.2) is 13.1 Å². The summed E-state index contributed by atoms with van der Waals surface area (Å²) in [5, 5.41) is 6.34. The van der Waals surface area contributed by atoms with E-state index in [0.717, 1.165) is 86.4 Å². The lowest BCUT2D eigenvalue weighted by Crippen LogP contribution is -2.35. The molecule has 0 aromatic heterocycles. The Morgan fingerprint density at radius 1 is 0.642 bits per heavy atom. The highest BCUT2D eigenvalue weighted by Gasteiger charge is 2.47. The second-order valence-electron chi connectivity index (χ2n) is 15.2. The van der Waals surface area contributed by atoms with E-state index >= 15 is 8.78 Å². The number of hydrogen-bond acceptors (Lipinski definition) is 2. The number of halogens is 2. The average molecular weight is 698 g/mol. The Labute approximate surface area is 309 Å². The zero-order valence-electron chi connectivity index (χ0n) is 30.2. The van der Waals surface area contributed by atoms with E-state index in [1.807, 2.05) is 12.1 Å². The van der Waals surface area contributed by atoms with Crippen LogP contribution < -0.4 is 9.64 Å². The van der Waals surface area contributed by atoms with Crippen molar-refractivity contribution >= 4 is 44.1 Å². The van der Waals surface area contributed by atoms with Crippen LogP contribution in [0, 0.1) is 11.6 Å². The van der Waals surface area contributed by atoms with Crippen LogP contribution in [-0.2, 0) is 11.0 Å². The maximum Gasteiger partial charge on any atom is 0.178 e. The van der Waals surface area contributed by atoms with Crippen molar-refractivity contribution in [3.8, 4) is 16.9 Å². The van der Waals surface area contributed by atoms with E-state index in [0.29, 0.717) is 5.75 Å². The van der Waals surface area contributed by atoms with Gasteiger partial charge >= 0.3 is 0 Å². The highest BCUT2D eigenvalue weighted by Crippen LogP contribution is 2.60. The van der Waals surface area contributed by atoms with Gasteiger partial charge in [-0.15, -0.1) is 0 Å². The summed E-state index contributed by atoms with van der Waals surface area (Å²) in [6.07, 6.45) is 9.71. The molecule has 1 aliphatic carbocycles. The van der Waals surface area contributed by atoms with E-state index in [4.69, 9.17) is 4.74 Å². The molecule has 4 heteroatoms. The smallest absolute Gasteiger partial charge is 0.178 e. The van der Waals surface area contributed by atoms with E-state index in [1.54, 1.807) is 18.2 Å². The van der Waals surface area contributed by atoms with E-state index in [1.165, 1.54) is 41.8 Å². The van der Waals surface area contributed by atoms with Crippen molar-refractivity contribution in [3.63, 3.8) is 0 Å². The third-order valence-corrected chi connectivity index (χ3v) is 12.7. The van der Waals surface area contributed by atoms with Crippen molar-refractivity contribution < 1.29 is 13.5 Å². The summed E-state index contributed by atoms with van der Waals surface area (Å²) in [7, 11) is 0. The Hall–Kier alpha value is -5.48. The molecule has 0 spiro atoms. The topological polar surface area (TPSA) is 12.5 Å². The first-order valence-corrected chi connectivity index (χ1v) is 19.2. The molecule has 53 heavy (non-hydrogen) atoms. The van der Waals surface area contributed by atoms with Crippen LogP contribution in [0.2, 0.25) is 0 Å². The molecule has 0 saturated carbocycles. The molecule has 7 aromatic carbocycles. The number of benzene rings is 7. The molecular formula is C49H41F2NO. The van der Waals surface area contributed by atoms with Crippen molar-refractivity contribution in [2.75, 3.05) is 18.0 Å². The molecule has 2 nitrogen and oxygen atoms in total. The largest absolute Gasteiger partial charge is 0.472 e. The molecule has 1 fully saturated rings. The molecule has 0 amide bonds. The summed E-state index contributed by atoms with van der Waals surface area (Å²) < 4.78 is 38.1. The average Bonchev–Trinajstić information content (AvgIpc) is 3.50. The van der Waals surface area contributed by atoms with Gasteiger partial charge < -0.3 is 9.64 Å². The maximum atomic E-state index is 15.4. The number of anilines is 1. The summed E-state index contributed by atoms with van der Waals surface area (Å²) in [4.78, 5) is 2.48. The Morgan fingerprint density at radius 3 is 2.13 bits per heavy atom. The van der Waals surface area contributed by atoms with Gasteiger partial charge in [-0.3, -0.25) is 0 Å². The zero-order chi connectivity index (χ0) is 35.9. The minimum Gasteiger partial charge on any atom is -0.472 e. The molecule has 0 bridgehead atoms. The minimum absolute atomic E-state index is 0.241. The zero-order valence-corrected chi connectivity index (χ0v) is 30.2. The Morgan fingerprint density at radius 2 is 1.34 bits per heavy atom. The van der Waals surface area contributed by atoms with Gasteiger partial charge in [-0.25, -0.2) is 8.78 Å². The lowest BCUT2D eigenvalue weighted by molar-refractivity contribution is 0.163. The van der Waals surface area contributed by atoms with Crippen molar-refractivity contribution in [2.24, 2.45) is 0 Å². The van der Waals surface area contributed by atoms with Crippen LogP contribution in [0.5, 0.6) is 5.75 Å². The van der Waals surface area contributed by atoms with Gasteiger partial charge in [-0.1, -0.05) is 92.7 Å². The van der Waals surface area contributed by atoms with Crippen LogP contribution >= 0.6 is 0 Å². The van der Waals surface area contributed by atoms with Crippen LogP contribution in [0.3, 0.4) is 0 Å². The minimum atomic E-state index is -1.01. The number of ether oxygens (including phenoxy) is 1. The fourth-order valence-electron chi connectivity index (χ4n) is 9.92. The van der Waals surface area contributed by atoms with Gasteiger partial charge in [0.2, 0.25) is 0 Å². The van der Waals surface area contributed by atoms with Crippen LogP contribution in [0.4, 0.5) is 14.5 Å². The molecule has 262 valence electrons. The van der Waals surface area contributed by atoms with E-state index in [9.17, 15) is 0 Å². The lowest BCUT2D eigenvalue weighted by atomic mass is 9.71. The summed E-state index contributed by atoms with van der Waals surface area (Å²) in [5.74, 6) is 0.106. The third kappa shape index (κ3) is 4.67. The number of nitrogens with zero attached hydrogens (tertiary/aromatic N) is 1. The van der Waals surface area contributed by atoms with Crippen LogP contribution in [0.15, 0.2) is 121 Å². The van der Waals surface area contributed by atoms with Gasteiger partial charge in [0.25, 0.3) is 0 Å². The number of hydrogen-bond donors (Lipinski definition) is 0. The summed E-state index contributed by atoms with van der Waals surface area (Å²) >= 11 is 0. The van der Waals surface area contributed by atoms with Crippen molar-refractivity contribution in [1.29, 1.82) is 0 Å². The monoisotopic (exact) mass is 697 g/mol. The van der Waals surface area contributed by atoms with E-state index in [2.05, 4.69) is 110 Å². The molecule has 10 rings (SSSR count). The molecule has 0 radical (unpaired) electrons. The molecule has 1 atom stereocenters. The lowest BCUT2D eigenvalue weighted by Gasteiger charge is -2.39. The fourth-order valence-corrected chi connectivity index (χ4v) is 9.92. The second kappa shape index (κ2) is 12.0. The van der Waals surface area contributed by atoms with Crippen molar-refractivity contribution in [3.05, 3.63) is 161 Å². The number of fused-ring (bicyclic) bond motifs is 11. The molecule has 2 heterocycles. The summed E-state index contributed by atoms with van der Waals surface area (Å²) in [6.45, 7) is 6.51. The standard InChI is InChI=1S/C49H41F2NO/c1-3-48(4-2)44-30-36(51)19-23-40(44)45-39-22-18-35(50)29-43(39)47-41(46(45)48)24-25-49(53-47,33-16-20-37(21-17-33)52-26-8-5-9-27-52)34-15-14-32-13-12-31-10-6-7-11-38(31)42(32)28-34/h6-7,10-25,28-30H,3-5,8-9,26-27H2,1-2H3. The Bertz CT molecular complexity index is 2630. The Kier molecular flexibility index (Phi) is 7.31. The molecule has 3 aliphatic rings. The van der Waals surface area contributed by atoms with Crippen LogP contribution in [0.25, 0.3) is 49.5 Å². The van der Waals surface area contributed by atoms with Gasteiger partial charge in [-0.2, -0.15) is 0 Å². The predicted molar refractivity (Wildman–Crippen MR) is 215 cm³/mol. The third-order valence-electron chi connectivity index (χ3n) is 12.7. The van der Waals surface area contributed by atoms with Gasteiger partial charge in [0.05, 0.1) is 0 Å². The maximum absolute atomic E-state index is 15.4. The summed E-state index contributed by atoms with van der Waals surface area (Å²) in [6, 6.07) is 38.6. The highest BCUT2D eigenvalue weighted by atomic mass is 19.1. The first-order valence-electron chi connectivity index (χ1n) is 19.2. The molecular weight excluding hydrogens is 657 g/mol. The molecule has 1 saturated heterocycles. The van der Waals surface area contributed by atoms with Gasteiger partial charge in [-0.05, 0) is 130 Å². The molecule has 7 aromatic rings. The molecule has 2 aliphatic heterocycles. The predicted octanol–water partition coefficient (Wildman–Crippen LogP) is 12.9. The molecule has 1 unspecified atom stereocenters. The van der Waals surface area contributed by atoms with E-state index < -0.39 is 11.0 Å². The fraction of sp³-hybridized carbons (Fsp3) is 0.224. The second-order valence-corrected chi connectivity index (χ2v) is 15.2. The first kappa shape index (κ1) is 32.2.